The molecule has 8 heteroatoms. The number of cyclic esters (lactones) is 1. The lowest BCUT2D eigenvalue weighted by molar-refractivity contribution is -0.165. The average Bonchev–Trinajstić information content (AvgIpc) is 2.58. The second-order valence-electron chi connectivity index (χ2n) is 6.13. The quantitative estimate of drug-likeness (QED) is 0.829. The molecule has 1 aliphatic carbocycles. The topological polar surface area (TPSA) is 101 Å². The predicted molar refractivity (Wildman–Crippen MR) is 84.1 cm³/mol. The average molecular weight is 353 g/mol. The summed E-state index contributed by atoms with van der Waals surface area (Å²) in [7, 11) is -3.91. The van der Waals surface area contributed by atoms with Crippen LogP contribution in [-0.2, 0) is 19.6 Å². The van der Waals surface area contributed by atoms with E-state index in [0.717, 1.165) is 19.3 Å². The largest absolute Gasteiger partial charge is 0.478 e. The molecule has 1 aromatic carbocycles. The molecule has 0 unspecified atom stereocenters. The summed E-state index contributed by atoms with van der Waals surface area (Å²) in [4.78, 5) is 23.3. The van der Waals surface area contributed by atoms with Crippen LogP contribution in [0, 0.1) is 0 Å². The summed E-state index contributed by atoms with van der Waals surface area (Å²) in [6.45, 7) is 0.155. The van der Waals surface area contributed by atoms with Crippen molar-refractivity contribution >= 4 is 22.0 Å². The molecule has 2 fully saturated rings. The van der Waals surface area contributed by atoms with Crippen LogP contribution in [0.5, 0.6) is 0 Å². The number of aromatic carboxylic acids is 1. The van der Waals surface area contributed by atoms with Crippen LogP contribution in [0.3, 0.4) is 0 Å². The highest BCUT2D eigenvalue weighted by Gasteiger charge is 2.53. The third-order valence-corrected chi connectivity index (χ3v) is 6.74. The number of carboxylic acids is 1. The van der Waals surface area contributed by atoms with Crippen LogP contribution in [0.15, 0.2) is 29.2 Å². The van der Waals surface area contributed by atoms with E-state index in [9.17, 15) is 18.0 Å². The lowest BCUT2D eigenvalue weighted by Gasteiger charge is -2.45. The third kappa shape index (κ3) is 2.69. The van der Waals surface area contributed by atoms with Gasteiger partial charge in [0.2, 0.25) is 10.0 Å². The Morgan fingerprint density at radius 2 is 1.75 bits per heavy atom. The SMILES string of the molecule is O=C(O)c1ccc(S(=O)(=O)N2CCOC(=O)C23CCCCC3)cc1. The number of benzene rings is 1. The van der Waals surface area contributed by atoms with Crippen molar-refractivity contribution < 1.29 is 27.9 Å². The van der Waals surface area contributed by atoms with E-state index in [-0.39, 0.29) is 23.6 Å². The van der Waals surface area contributed by atoms with E-state index in [1.165, 1.54) is 28.6 Å². The number of carboxylic acid groups (broad SMARTS) is 1. The van der Waals surface area contributed by atoms with Gasteiger partial charge in [-0.05, 0) is 37.1 Å². The van der Waals surface area contributed by atoms with Crippen molar-refractivity contribution in [3.05, 3.63) is 29.8 Å². The summed E-state index contributed by atoms with van der Waals surface area (Å²) in [5.74, 6) is -1.59. The van der Waals surface area contributed by atoms with E-state index in [4.69, 9.17) is 9.84 Å². The summed E-state index contributed by atoms with van der Waals surface area (Å²) in [6.07, 6.45) is 3.44. The maximum absolute atomic E-state index is 13.1. The molecule has 0 atom stereocenters. The maximum Gasteiger partial charge on any atom is 0.335 e. The molecule has 0 aromatic heterocycles. The molecule has 2 aliphatic rings. The number of hydrogen-bond acceptors (Lipinski definition) is 5. The number of nitrogens with zero attached hydrogens (tertiary/aromatic N) is 1. The van der Waals surface area contributed by atoms with Crippen LogP contribution in [0.4, 0.5) is 0 Å². The smallest absolute Gasteiger partial charge is 0.335 e. The second-order valence-corrected chi connectivity index (χ2v) is 8.00. The molecule has 1 aromatic rings. The van der Waals surface area contributed by atoms with E-state index in [1.807, 2.05) is 0 Å². The van der Waals surface area contributed by atoms with Crippen LogP contribution < -0.4 is 0 Å². The molecule has 3 rings (SSSR count). The fourth-order valence-corrected chi connectivity index (χ4v) is 5.28. The molecule has 1 saturated carbocycles. The van der Waals surface area contributed by atoms with Gasteiger partial charge in [-0.2, -0.15) is 4.31 Å². The highest BCUT2D eigenvalue weighted by molar-refractivity contribution is 7.89. The summed E-state index contributed by atoms with van der Waals surface area (Å²) in [5, 5.41) is 8.94. The Morgan fingerprint density at radius 3 is 2.33 bits per heavy atom. The number of ether oxygens (including phenoxy) is 1. The van der Waals surface area contributed by atoms with E-state index >= 15 is 0 Å². The van der Waals surface area contributed by atoms with Crippen LogP contribution in [0.2, 0.25) is 0 Å². The van der Waals surface area contributed by atoms with E-state index < -0.39 is 27.5 Å². The molecule has 0 amide bonds. The van der Waals surface area contributed by atoms with Gasteiger partial charge in [0, 0.05) is 6.54 Å². The fraction of sp³-hybridized carbons (Fsp3) is 0.500. The monoisotopic (exact) mass is 353 g/mol. The lowest BCUT2D eigenvalue weighted by atomic mass is 9.81. The standard InChI is InChI=1S/C16H19NO6S/c18-14(19)12-4-6-13(7-5-12)24(21,22)17-10-11-23-15(20)16(17)8-2-1-3-9-16/h4-7H,1-3,8-11H2,(H,18,19). The summed E-state index contributed by atoms with van der Waals surface area (Å²) in [6, 6.07) is 5.06. The van der Waals surface area contributed by atoms with Gasteiger partial charge >= 0.3 is 11.9 Å². The molecule has 7 nitrogen and oxygen atoms in total. The molecular formula is C16H19NO6S. The molecule has 1 saturated heterocycles. The Labute approximate surface area is 140 Å². The zero-order valence-corrected chi connectivity index (χ0v) is 13.9. The minimum absolute atomic E-state index is 0.00727. The number of carbonyl (C=O) groups is 2. The summed E-state index contributed by atoms with van der Waals surface area (Å²) in [5.41, 5.74) is -1.11. The lowest BCUT2D eigenvalue weighted by Crippen LogP contribution is -2.62. The van der Waals surface area contributed by atoms with Crippen molar-refractivity contribution in [3.63, 3.8) is 0 Å². The molecule has 130 valence electrons. The molecule has 0 radical (unpaired) electrons. The minimum Gasteiger partial charge on any atom is -0.478 e. The van der Waals surface area contributed by atoms with Crippen LogP contribution in [0.25, 0.3) is 0 Å². The Bertz CT molecular complexity index is 749. The number of esters is 1. The van der Waals surface area contributed by atoms with Gasteiger partial charge in [-0.3, -0.25) is 4.79 Å². The second kappa shape index (κ2) is 6.18. The number of morpholine rings is 1. The van der Waals surface area contributed by atoms with Crippen LogP contribution in [-0.4, -0.2) is 48.5 Å². The number of carbonyl (C=O) groups excluding carboxylic acids is 1. The van der Waals surface area contributed by atoms with Crippen molar-refractivity contribution in [1.82, 2.24) is 4.31 Å². The molecule has 1 spiro atoms. The van der Waals surface area contributed by atoms with E-state index in [0.29, 0.717) is 12.8 Å². The normalized spacial score (nSPS) is 21.4. The highest BCUT2D eigenvalue weighted by Crippen LogP contribution is 2.39. The maximum atomic E-state index is 13.1. The van der Waals surface area contributed by atoms with Gasteiger partial charge in [0.05, 0.1) is 10.5 Å². The van der Waals surface area contributed by atoms with Crippen molar-refractivity contribution in [3.8, 4) is 0 Å². The Kier molecular flexibility index (Phi) is 4.35. The van der Waals surface area contributed by atoms with Gasteiger partial charge in [-0.25, -0.2) is 13.2 Å². The first-order chi connectivity index (χ1) is 11.4. The van der Waals surface area contributed by atoms with Gasteiger partial charge in [-0.15, -0.1) is 0 Å². The summed E-state index contributed by atoms with van der Waals surface area (Å²) < 4.78 is 32.5. The van der Waals surface area contributed by atoms with Crippen LogP contribution >= 0.6 is 0 Å². The number of hydrogen-bond donors (Lipinski definition) is 1. The van der Waals surface area contributed by atoms with Crippen molar-refractivity contribution in [2.75, 3.05) is 13.2 Å². The molecule has 1 N–H and O–H groups in total. The van der Waals surface area contributed by atoms with Crippen molar-refractivity contribution in [1.29, 1.82) is 0 Å². The number of rotatable bonds is 3. The zero-order valence-electron chi connectivity index (χ0n) is 13.1. The fourth-order valence-electron chi connectivity index (χ4n) is 3.51. The Balaban J connectivity index is 2.00. The van der Waals surface area contributed by atoms with Gasteiger partial charge in [0.15, 0.2) is 0 Å². The van der Waals surface area contributed by atoms with Gasteiger partial charge < -0.3 is 9.84 Å². The summed E-state index contributed by atoms with van der Waals surface area (Å²) >= 11 is 0. The first kappa shape index (κ1) is 16.9. The third-order valence-electron chi connectivity index (χ3n) is 4.75. The van der Waals surface area contributed by atoms with Crippen LogP contribution in [0.1, 0.15) is 42.5 Å². The van der Waals surface area contributed by atoms with Gasteiger partial charge in [0.25, 0.3) is 0 Å². The molecule has 1 heterocycles. The first-order valence-corrected chi connectivity index (χ1v) is 9.35. The number of sulfonamides is 1. The molecule has 1 aliphatic heterocycles. The Hall–Kier alpha value is -1.93. The van der Waals surface area contributed by atoms with E-state index in [2.05, 4.69) is 0 Å². The van der Waals surface area contributed by atoms with Crippen molar-refractivity contribution in [2.24, 2.45) is 0 Å². The van der Waals surface area contributed by atoms with Gasteiger partial charge in [-0.1, -0.05) is 19.3 Å². The first-order valence-electron chi connectivity index (χ1n) is 7.91. The zero-order chi connectivity index (χ0) is 17.4. The van der Waals surface area contributed by atoms with Gasteiger partial charge in [0.1, 0.15) is 12.1 Å². The predicted octanol–water partition coefficient (Wildman–Crippen LogP) is 1.64. The molecule has 0 bridgehead atoms. The van der Waals surface area contributed by atoms with E-state index in [1.54, 1.807) is 0 Å². The molecular weight excluding hydrogens is 334 g/mol. The Morgan fingerprint density at radius 1 is 1.12 bits per heavy atom. The molecule has 24 heavy (non-hydrogen) atoms. The highest BCUT2D eigenvalue weighted by atomic mass is 32.2. The minimum atomic E-state index is -3.91. The van der Waals surface area contributed by atoms with Crippen molar-refractivity contribution in [2.45, 2.75) is 42.5 Å².